The van der Waals surface area contributed by atoms with Crippen molar-refractivity contribution >= 4 is 0 Å². The molecular formula is C20H27N3O6. The third kappa shape index (κ3) is 3.75. The Morgan fingerprint density at radius 1 is 1.07 bits per heavy atom. The van der Waals surface area contributed by atoms with Crippen molar-refractivity contribution in [2.45, 2.75) is 50.0 Å². The van der Waals surface area contributed by atoms with Crippen LogP contribution in [0, 0.1) is 43.9 Å². The van der Waals surface area contributed by atoms with E-state index in [1.54, 1.807) is 0 Å². The van der Waals surface area contributed by atoms with Crippen molar-refractivity contribution in [3.8, 4) is 0 Å². The van der Waals surface area contributed by atoms with Crippen molar-refractivity contribution in [3.05, 3.63) is 55.6 Å². The lowest BCUT2D eigenvalue weighted by Crippen LogP contribution is -2.58. The molecule has 0 saturated heterocycles. The summed E-state index contributed by atoms with van der Waals surface area (Å²) in [6, 6.07) is 8.00. The molecule has 0 radical (unpaired) electrons. The fraction of sp³-hybridized carbons (Fsp3) is 0.700. The van der Waals surface area contributed by atoms with Crippen LogP contribution < -0.4 is 5.73 Å². The monoisotopic (exact) mass is 405 g/mol. The van der Waals surface area contributed by atoms with Crippen LogP contribution in [0.25, 0.3) is 0 Å². The predicted molar refractivity (Wildman–Crippen MR) is 103 cm³/mol. The van der Waals surface area contributed by atoms with E-state index in [0.29, 0.717) is 18.4 Å². The summed E-state index contributed by atoms with van der Waals surface area (Å²) in [5.41, 5.74) is 8.40. The highest BCUT2D eigenvalue weighted by Crippen LogP contribution is 2.62. The second-order valence-corrected chi connectivity index (χ2v) is 8.92. The molecule has 158 valence electrons. The quantitative estimate of drug-likeness (QED) is 0.493. The number of nitrogens with two attached hydrogens (primary N) is 1. The largest absolute Gasteiger partial charge is 0.330 e. The summed E-state index contributed by atoms with van der Waals surface area (Å²) in [6.45, 7) is 0.110. The van der Waals surface area contributed by atoms with Crippen molar-refractivity contribution in [3.63, 3.8) is 0 Å². The molecule has 2 N–H and O–H groups in total. The van der Waals surface area contributed by atoms with Gasteiger partial charge in [-0.25, -0.2) is 0 Å². The molecule has 0 amide bonds. The Bertz CT molecular complexity index is 757. The highest BCUT2D eigenvalue weighted by atomic mass is 17.0. The molecule has 0 spiro atoms. The minimum Gasteiger partial charge on any atom is -0.330 e. The number of nitrogens with zero attached hydrogens (tertiary/aromatic N) is 2. The Balaban J connectivity index is 1.57. The van der Waals surface area contributed by atoms with Crippen LogP contribution in [0.4, 0.5) is 0 Å². The van der Waals surface area contributed by atoms with Crippen LogP contribution >= 0.6 is 0 Å². The fourth-order valence-corrected chi connectivity index (χ4v) is 6.59. The third-order valence-electron chi connectivity index (χ3n) is 7.46. The summed E-state index contributed by atoms with van der Waals surface area (Å²) in [4.78, 5) is 30.2. The molecule has 0 aliphatic heterocycles. The minimum atomic E-state index is -1.04. The second-order valence-electron chi connectivity index (χ2n) is 8.92. The maximum absolute atomic E-state index is 10.8. The van der Waals surface area contributed by atoms with Gasteiger partial charge in [0.15, 0.2) is 0 Å². The molecule has 0 heterocycles. The van der Waals surface area contributed by atoms with Gasteiger partial charge < -0.3 is 15.4 Å². The summed E-state index contributed by atoms with van der Waals surface area (Å²) in [6.07, 6.45) is 5.42. The maximum Gasteiger partial charge on any atom is 0.294 e. The van der Waals surface area contributed by atoms with E-state index in [9.17, 15) is 20.2 Å². The zero-order valence-corrected chi connectivity index (χ0v) is 16.3. The van der Waals surface area contributed by atoms with E-state index in [1.807, 2.05) is 12.1 Å². The van der Waals surface area contributed by atoms with Gasteiger partial charge in [0.1, 0.15) is 12.7 Å². The van der Waals surface area contributed by atoms with Gasteiger partial charge >= 0.3 is 0 Å². The predicted octanol–water partition coefficient (Wildman–Crippen LogP) is 2.67. The van der Waals surface area contributed by atoms with Gasteiger partial charge in [0.05, 0.1) is 0 Å². The van der Waals surface area contributed by atoms with Crippen LogP contribution in [0.15, 0.2) is 24.3 Å². The molecule has 5 rings (SSSR count). The van der Waals surface area contributed by atoms with E-state index in [0.717, 1.165) is 17.4 Å². The van der Waals surface area contributed by atoms with E-state index < -0.39 is 22.9 Å². The van der Waals surface area contributed by atoms with Gasteiger partial charge in [-0.05, 0) is 66.9 Å². The lowest BCUT2D eigenvalue weighted by atomic mass is 9.44. The molecule has 4 saturated carbocycles. The van der Waals surface area contributed by atoms with E-state index in [-0.39, 0.29) is 11.8 Å². The highest BCUT2D eigenvalue weighted by molar-refractivity contribution is 5.35. The molecule has 1 unspecified atom stereocenters. The lowest BCUT2D eigenvalue weighted by Gasteiger charge is -2.61. The summed E-state index contributed by atoms with van der Waals surface area (Å²) < 4.78 is 0. The third-order valence-corrected chi connectivity index (χ3v) is 7.46. The molecule has 4 aliphatic carbocycles. The van der Waals surface area contributed by atoms with Crippen LogP contribution in [0.5, 0.6) is 0 Å². The first kappa shape index (κ1) is 19.9. The Labute approximate surface area is 168 Å². The van der Waals surface area contributed by atoms with Crippen molar-refractivity contribution < 1.29 is 19.8 Å². The smallest absolute Gasteiger partial charge is 0.294 e. The first-order valence-electron chi connectivity index (χ1n) is 10.3. The first-order valence-corrected chi connectivity index (χ1v) is 10.3. The number of hydrogen-bond donors (Lipinski definition) is 1. The zero-order valence-electron chi connectivity index (χ0n) is 16.3. The summed E-state index contributed by atoms with van der Waals surface area (Å²) in [5, 5.41) is 19.3. The average molecular weight is 405 g/mol. The van der Waals surface area contributed by atoms with E-state index in [1.165, 1.54) is 37.7 Å². The SMILES string of the molecule is NCC1(c2cccc(CC(CO[N+](=O)[O-])O[N+](=O)[O-])c2)C2CC3CC(C2)CC1C3. The molecule has 4 aliphatic rings. The maximum atomic E-state index is 10.8. The van der Waals surface area contributed by atoms with Crippen molar-refractivity contribution in [2.75, 3.05) is 13.2 Å². The standard InChI is InChI=1S/C20H27N3O6/c21-12-20(17-6-14-4-15(8-17)9-18(20)7-14)16-3-1-2-13(5-16)10-19(29-23(26)27)11-28-22(24)25/h1-3,5,14-15,17-19H,4,6-12,21H2. The first-order chi connectivity index (χ1) is 13.9. The Morgan fingerprint density at radius 2 is 1.72 bits per heavy atom. The highest BCUT2D eigenvalue weighted by Gasteiger charge is 2.57. The van der Waals surface area contributed by atoms with Crippen LogP contribution in [0.1, 0.15) is 43.2 Å². The van der Waals surface area contributed by atoms with Gasteiger partial charge in [-0.15, -0.1) is 20.2 Å². The normalized spacial score (nSPS) is 33.3. The minimum absolute atomic E-state index is 0.0414. The molecule has 4 bridgehead atoms. The van der Waals surface area contributed by atoms with Gasteiger partial charge in [-0.1, -0.05) is 24.3 Å². The van der Waals surface area contributed by atoms with Gasteiger partial charge in [0.2, 0.25) is 0 Å². The van der Waals surface area contributed by atoms with Gasteiger partial charge in [0, 0.05) is 18.4 Å². The van der Waals surface area contributed by atoms with Crippen molar-refractivity contribution in [1.29, 1.82) is 0 Å². The summed E-state index contributed by atoms with van der Waals surface area (Å²) >= 11 is 0. The molecule has 0 aromatic heterocycles. The summed E-state index contributed by atoms with van der Waals surface area (Å²) in [5.74, 6) is 2.83. The summed E-state index contributed by atoms with van der Waals surface area (Å²) in [7, 11) is 0. The molecule has 4 fully saturated rings. The Kier molecular flexibility index (Phi) is 5.33. The number of benzene rings is 1. The van der Waals surface area contributed by atoms with Crippen LogP contribution in [0.2, 0.25) is 0 Å². The van der Waals surface area contributed by atoms with Crippen molar-refractivity contribution in [2.24, 2.45) is 29.4 Å². The van der Waals surface area contributed by atoms with E-state index in [2.05, 4.69) is 21.8 Å². The van der Waals surface area contributed by atoms with Gasteiger partial charge in [-0.2, -0.15) is 0 Å². The topological polar surface area (TPSA) is 131 Å². The van der Waals surface area contributed by atoms with Crippen LogP contribution in [-0.2, 0) is 21.5 Å². The average Bonchev–Trinajstić information content (AvgIpc) is 2.66. The van der Waals surface area contributed by atoms with E-state index in [4.69, 9.17) is 5.73 Å². The fourth-order valence-electron chi connectivity index (χ4n) is 6.59. The number of hydrogen-bond acceptors (Lipinski definition) is 7. The molecule has 1 aromatic carbocycles. The molecule has 1 atom stereocenters. The Hall–Kier alpha value is -2.42. The second kappa shape index (κ2) is 7.78. The molecule has 1 aromatic rings. The molecule has 29 heavy (non-hydrogen) atoms. The molecular weight excluding hydrogens is 378 g/mol. The zero-order chi connectivity index (χ0) is 20.6. The number of rotatable bonds is 9. The Morgan fingerprint density at radius 3 is 2.28 bits per heavy atom. The van der Waals surface area contributed by atoms with Crippen LogP contribution in [-0.4, -0.2) is 29.4 Å². The molecule has 9 heteroatoms. The van der Waals surface area contributed by atoms with Crippen LogP contribution in [0.3, 0.4) is 0 Å². The van der Waals surface area contributed by atoms with Crippen molar-refractivity contribution in [1.82, 2.24) is 0 Å². The lowest BCUT2D eigenvalue weighted by molar-refractivity contribution is -0.789. The molecule has 9 nitrogen and oxygen atoms in total. The van der Waals surface area contributed by atoms with Gasteiger partial charge in [0.25, 0.3) is 10.2 Å². The van der Waals surface area contributed by atoms with Gasteiger partial charge in [-0.3, -0.25) is 0 Å². The van der Waals surface area contributed by atoms with E-state index >= 15 is 0 Å².